The molecule has 0 spiro atoms. The number of nitrogens with zero attached hydrogens (tertiary/aromatic N) is 2. The topological polar surface area (TPSA) is 58.4 Å². The number of aromatic nitrogens is 1. The Bertz CT molecular complexity index is 780. The van der Waals surface area contributed by atoms with Crippen LogP contribution in [0.3, 0.4) is 0 Å². The van der Waals surface area contributed by atoms with Gasteiger partial charge in [0, 0.05) is 25.6 Å². The Labute approximate surface area is 168 Å². The minimum absolute atomic E-state index is 0.144. The summed E-state index contributed by atoms with van der Waals surface area (Å²) in [6.45, 7) is 11.2. The average Bonchev–Trinajstić information content (AvgIpc) is 3.04. The summed E-state index contributed by atoms with van der Waals surface area (Å²) >= 11 is 0. The van der Waals surface area contributed by atoms with E-state index in [0.29, 0.717) is 29.7 Å². The Morgan fingerprint density at radius 3 is 2.64 bits per heavy atom. The van der Waals surface area contributed by atoms with Crippen LogP contribution in [-0.2, 0) is 19.4 Å². The molecule has 1 aliphatic heterocycles. The Balaban J connectivity index is 1.55. The summed E-state index contributed by atoms with van der Waals surface area (Å²) in [7, 11) is 0. The molecule has 0 aliphatic carbocycles. The number of oxazole rings is 1. The van der Waals surface area contributed by atoms with Crippen molar-refractivity contribution < 1.29 is 9.21 Å². The van der Waals surface area contributed by atoms with Crippen LogP contribution in [0.15, 0.2) is 28.7 Å². The molecule has 1 aliphatic rings. The van der Waals surface area contributed by atoms with Gasteiger partial charge in [-0.1, -0.05) is 45.0 Å². The van der Waals surface area contributed by atoms with Gasteiger partial charge in [-0.15, -0.1) is 0 Å². The molecule has 0 bridgehead atoms. The molecule has 28 heavy (non-hydrogen) atoms. The van der Waals surface area contributed by atoms with Gasteiger partial charge in [0.1, 0.15) is 0 Å². The maximum absolute atomic E-state index is 12.6. The molecule has 5 nitrogen and oxygen atoms in total. The van der Waals surface area contributed by atoms with Gasteiger partial charge in [-0.2, -0.15) is 0 Å². The van der Waals surface area contributed by atoms with Crippen LogP contribution in [0, 0.1) is 12.8 Å². The normalized spacial score (nSPS) is 17.8. The predicted molar refractivity (Wildman–Crippen MR) is 111 cm³/mol. The maximum atomic E-state index is 12.6. The molecule has 152 valence electrons. The molecule has 0 saturated carbocycles. The average molecular weight is 384 g/mol. The molecule has 0 unspecified atom stereocenters. The van der Waals surface area contributed by atoms with Crippen molar-refractivity contribution in [2.45, 2.75) is 66.0 Å². The molecule has 1 saturated heterocycles. The fourth-order valence-electron chi connectivity index (χ4n) is 3.89. The number of hydrogen-bond donors (Lipinski definition) is 1. The minimum atomic E-state index is -0.144. The summed E-state index contributed by atoms with van der Waals surface area (Å²) < 4.78 is 5.59. The second-order valence-electron chi connectivity index (χ2n) is 8.34. The number of rotatable bonds is 7. The number of carbonyl (C=O) groups is 1. The number of nitrogens with one attached hydrogen (secondary N) is 1. The SMILES string of the molecule is CCc1nc(C)c(C(=O)N[C@H]2CCCN(Cc3ccc(CC(C)C)cc3)C2)o1. The van der Waals surface area contributed by atoms with Crippen molar-refractivity contribution in [2.75, 3.05) is 13.1 Å². The standard InChI is InChI=1S/C23H33N3O2/c1-5-21-24-17(4)22(28-21)23(27)25-20-7-6-12-26(15-20)14-19-10-8-18(9-11-19)13-16(2)3/h8-11,16,20H,5-7,12-15H2,1-4H3,(H,25,27)/t20-/m0/s1. The third kappa shape index (κ3) is 5.44. The van der Waals surface area contributed by atoms with Crippen LogP contribution in [0.4, 0.5) is 0 Å². The fourth-order valence-corrected chi connectivity index (χ4v) is 3.89. The van der Waals surface area contributed by atoms with Gasteiger partial charge in [0.05, 0.1) is 5.69 Å². The van der Waals surface area contributed by atoms with E-state index in [1.807, 2.05) is 13.8 Å². The zero-order valence-electron chi connectivity index (χ0n) is 17.6. The molecule has 1 atom stereocenters. The first-order valence-corrected chi connectivity index (χ1v) is 10.5. The van der Waals surface area contributed by atoms with Crippen molar-refractivity contribution in [3.63, 3.8) is 0 Å². The van der Waals surface area contributed by atoms with Gasteiger partial charge < -0.3 is 9.73 Å². The highest BCUT2D eigenvalue weighted by atomic mass is 16.4. The lowest BCUT2D eigenvalue weighted by molar-refractivity contribution is 0.0870. The van der Waals surface area contributed by atoms with Crippen molar-refractivity contribution >= 4 is 5.91 Å². The second-order valence-corrected chi connectivity index (χ2v) is 8.34. The summed E-state index contributed by atoms with van der Waals surface area (Å²) in [6, 6.07) is 9.12. The van der Waals surface area contributed by atoms with Crippen LogP contribution in [-0.4, -0.2) is 34.9 Å². The molecular formula is C23H33N3O2. The Morgan fingerprint density at radius 1 is 1.29 bits per heavy atom. The highest BCUT2D eigenvalue weighted by Crippen LogP contribution is 2.17. The van der Waals surface area contributed by atoms with E-state index in [4.69, 9.17) is 4.42 Å². The van der Waals surface area contributed by atoms with E-state index in [0.717, 1.165) is 38.9 Å². The first-order chi connectivity index (χ1) is 13.4. The highest BCUT2D eigenvalue weighted by Gasteiger charge is 2.24. The Kier molecular flexibility index (Phi) is 6.89. The van der Waals surface area contributed by atoms with Crippen LogP contribution in [0.25, 0.3) is 0 Å². The minimum Gasteiger partial charge on any atom is -0.435 e. The van der Waals surface area contributed by atoms with Crippen LogP contribution in [0.5, 0.6) is 0 Å². The van der Waals surface area contributed by atoms with Crippen molar-refractivity contribution in [3.8, 4) is 0 Å². The Morgan fingerprint density at radius 2 is 2.00 bits per heavy atom. The monoisotopic (exact) mass is 383 g/mol. The van der Waals surface area contributed by atoms with Crippen LogP contribution in [0.1, 0.15) is 66.9 Å². The summed E-state index contributed by atoms with van der Waals surface area (Å²) in [5, 5.41) is 3.15. The van der Waals surface area contributed by atoms with E-state index < -0.39 is 0 Å². The largest absolute Gasteiger partial charge is 0.435 e. The van der Waals surface area contributed by atoms with Crippen molar-refractivity contribution in [2.24, 2.45) is 5.92 Å². The lowest BCUT2D eigenvalue weighted by atomic mass is 10.0. The van der Waals surface area contributed by atoms with Crippen LogP contribution < -0.4 is 5.32 Å². The fraction of sp³-hybridized carbons (Fsp3) is 0.565. The first-order valence-electron chi connectivity index (χ1n) is 10.5. The smallest absolute Gasteiger partial charge is 0.289 e. The van der Waals surface area contributed by atoms with Crippen molar-refractivity contribution in [1.29, 1.82) is 0 Å². The number of hydrogen-bond acceptors (Lipinski definition) is 4. The molecule has 2 aromatic rings. The van der Waals surface area contributed by atoms with Gasteiger partial charge in [0.2, 0.25) is 5.76 Å². The number of amides is 1. The third-order valence-corrected chi connectivity index (χ3v) is 5.26. The lowest BCUT2D eigenvalue weighted by Crippen LogP contribution is -2.47. The summed E-state index contributed by atoms with van der Waals surface area (Å²) in [6.07, 6.45) is 3.91. The molecular weight excluding hydrogens is 350 g/mol. The number of aryl methyl sites for hydroxylation is 2. The zero-order chi connectivity index (χ0) is 20.1. The third-order valence-electron chi connectivity index (χ3n) is 5.26. The van der Waals surface area contributed by atoms with Gasteiger partial charge in [-0.05, 0) is 49.8 Å². The molecule has 3 rings (SSSR count). The summed E-state index contributed by atoms with van der Waals surface area (Å²) in [4.78, 5) is 19.3. The predicted octanol–water partition coefficient (Wildman–Crippen LogP) is 4.14. The van der Waals surface area contributed by atoms with Crippen LogP contribution in [0.2, 0.25) is 0 Å². The number of benzene rings is 1. The molecule has 2 heterocycles. The van der Waals surface area contributed by atoms with Gasteiger partial charge in [-0.25, -0.2) is 4.98 Å². The van der Waals surface area contributed by atoms with E-state index >= 15 is 0 Å². The molecule has 1 aromatic carbocycles. The first kappa shape index (κ1) is 20.6. The quantitative estimate of drug-likeness (QED) is 0.781. The van der Waals surface area contributed by atoms with Gasteiger partial charge >= 0.3 is 0 Å². The van der Waals surface area contributed by atoms with E-state index in [-0.39, 0.29) is 11.9 Å². The Hall–Kier alpha value is -2.14. The second kappa shape index (κ2) is 9.37. The van der Waals surface area contributed by atoms with E-state index in [2.05, 4.69) is 53.3 Å². The van der Waals surface area contributed by atoms with E-state index in [9.17, 15) is 4.79 Å². The van der Waals surface area contributed by atoms with Gasteiger partial charge in [0.25, 0.3) is 5.91 Å². The molecule has 5 heteroatoms. The summed E-state index contributed by atoms with van der Waals surface area (Å²) in [5.41, 5.74) is 3.40. The van der Waals surface area contributed by atoms with Crippen molar-refractivity contribution in [1.82, 2.24) is 15.2 Å². The van der Waals surface area contributed by atoms with Gasteiger partial charge in [-0.3, -0.25) is 9.69 Å². The highest BCUT2D eigenvalue weighted by molar-refractivity contribution is 5.92. The summed E-state index contributed by atoms with van der Waals surface area (Å²) in [5.74, 6) is 1.51. The lowest BCUT2D eigenvalue weighted by Gasteiger charge is -2.33. The van der Waals surface area contributed by atoms with Crippen LogP contribution >= 0.6 is 0 Å². The molecule has 1 amide bonds. The molecule has 1 fully saturated rings. The number of likely N-dealkylation sites (tertiary alicyclic amines) is 1. The zero-order valence-corrected chi connectivity index (χ0v) is 17.6. The molecule has 0 radical (unpaired) electrons. The van der Waals surface area contributed by atoms with Gasteiger partial charge in [0.15, 0.2) is 5.89 Å². The molecule has 1 aromatic heterocycles. The van der Waals surface area contributed by atoms with E-state index in [1.165, 1.54) is 11.1 Å². The van der Waals surface area contributed by atoms with Crippen molar-refractivity contribution in [3.05, 3.63) is 52.7 Å². The number of carbonyl (C=O) groups excluding carboxylic acids is 1. The number of piperidine rings is 1. The maximum Gasteiger partial charge on any atom is 0.289 e. The molecule has 1 N–H and O–H groups in total. The van der Waals surface area contributed by atoms with E-state index in [1.54, 1.807) is 0 Å².